The molecular formula is C25H21N3O. The van der Waals surface area contributed by atoms with Crippen molar-refractivity contribution >= 4 is 22.5 Å². The largest absolute Gasteiger partial charge is 0.272 e. The highest BCUT2D eigenvalue weighted by Crippen LogP contribution is 2.24. The number of hydrogen-bond donors (Lipinski definition) is 1. The first-order valence-electron chi connectivity index (χ1n) is 9.49. The Hall–Kier alpha value is -3.79. The van der Waals surface area contributed by atoms with Crippen LogP contribution in [0.4, 0.5) is 0 Å². The van der Waals surface area contributed by atoms with E-state index in [0.29, 0.717) is 5.56 Å². The lowest BCUT2D eigenvalue weighted by Crippen LogP contribution is -2.20. The first-order valence-corrected chi connectivity index (χ1v) is 9.49. The molecule has 29 heavy (non-hydrogen) atoms. The van der Waals surface area contributed by atoms with E-state index in [1.807, 2.05) is 98.8 Å². The highest BCUT2D eigenvalue weighted by atomic mass is 16.2. The summed E-state index contributed by atoms with van der Waals surface area (Å²) in [5.41, 5.74) is 8.66. The molecule has 1 amide bonds. The van der Waals surface area contributed by atoms with Crippen molar-refractivity contribution in [3.63, 3.8) is 0 Å². The molecule has 0 radical (unpaired) electrons. The molecule has 4 nitrogen and oxygen atoms in total. The van der Waals surface area contributed by atoms with Gasteiger partial charge in [-0.2, -0.15) is 5.10 Å². The zero-order chi connectivity index (χ0) is 20.2. The van der Waals surface area contributed by atoms with Gasteiger partial charge in [0.15, 0.2) is 0 Å². The maximum atomic E-state index is 13.0. The molecule has 1 aromatic heterocycles. The molecule has 0 unspecified atom stereocenters. The van der Waals surface area contributed by atoms with Crippen molar-refractivity contribution in [1.82, 2.24) is 10.4 Å². The van der Waals surface area contributed by atoms with Crippen LogP contribution >= 0.6 is 0 Å². The molecule has 0 atom stereocenters. The molecule has 4 heteroatoms. The summed E-state index contributed by atoms with van der Waals surface area (Å²) in [4.78, 5) is 17.7. The number of aryl methyl sites for hydroxylation is 1. The number of fused-ring (bicyclic) bond motifs is 1. The monoisotopic (exact) mass is 379 g/mol. The number of hydrazone groups is 1. The predicted octanol–water partition coefficient (Wildman–Crippen LogP) is 5.36. The van der Waals surface area contributed by atoms with Crippen molar-refractivity contribution in [3.05, 3.63) is 102 Å². The summed E-state index contributed by atoms with van der Waals surface area (Å²) in [5.74, 6) is -0.257. The molecule has 0 spiro atoms. The van der Waals surface area contributed by atoms with Gasteiger partial charge in [0.25, 0.3) is 5.91 Å². The fraction of sp³-hybridized carbons (Fsp3) is 0.0800. The summed E-state index contributed by atoms with van der Waals surface area (Å²) in [6.07, 6.45) is 0. The third-order valence-electron chi connectivity index (χ3n) is 4.82. The van der Waals surface area contributed by atoms with E-state index in [2.05, 4.69) is 10.5 Å². The second-order valence-electron chi connectivity index (χ2n) is 6.94. The maximum Gasteiger partial charge on any atom is 0.272 e. The van der Waals surface area contributed by atoms with Crippen molar-refractivity contribution in [2.24, 2.45) is 5.10 Å². The molecule has 1 heterocycles. The maximum absolute atomic E-state index is 13.0. The molecule has 4 rings (SSSR count). The standard InChI is InChI=1S/C25H21N3O/c1-17-12-14-19(15-13-17)18(2)27-28-25(29)22-16-24(20-8-4-3-5-9-20)26-23-11-7-6-10-21(22)23/h3-16H,1-2H3,(H,28,29). The minimum atomic E-state index is -0.257. The number of para-hydroxylation sites is 1. The van der Waals surface area contributed by atoms with E-state index in [-0.39, 0.29) is 5.91 Å². The van der Waals surface area contributed by atoms with E-state index < -0.39 is 0 Å². The van der Waals surface area contributed by atoms with Gasteiger partial charge in [-0.05, 0) is 31.5 Å². The van der Waals surface area contributed by atoms with E-state index in [1.54, 1.807) is 0 Å². The van der Waals surface area contributed by atoms with E-state index >= 15 is 0 Å². The number of amides is 1. The number of aromatic nitrogens is 1. The van der Waals surface area contributed by atoms with Gasteiger partial charge in [0.05, 0.1) is 22.5 Å². The molecule has 4 aromatic rings. The molecule has 1 N–H and O–H groups in total. The Labute approximate surface area is 169 Å². The normalized spacial score (nSPS) is 11.4. The van der Waals surface area contributed by atoms with Crippen LogP contribution in [-0.4, -0.2) is 16.6 Å². The lowest BCUT2D eigenvalue weighted by molar-refractivity contribution is 0.0956. The molecular weight excluding hydrogens is 358 g/mol. The van der Waals surface area contributed by atoms with Crippen LogP contribution in [0.25, 0.3) is 22.2 Å². The Kier molecular flexibility index (Phi) is 5.16. The quantitative estimate of drug-likeness (QED) is 0.383. The van der Waals surface area contributed by atoms with E-state index in [4.69, 9.17) is 4.98 Å². The van der Waals surface area contributed by atoms with Gasteiger partial charge in [-0.25, -0.2) is 10.4 Å². The molecule has 0 aliphatic carbocycles. The van der Waals surface area contributed by atoms with Gasteiger partial charge in [-0.1, -0.05) is 78.4 Å². The minimum absolute atomic E-state index is 0.257. The molecule has 0 aliphatic heterocycles. The van der Waals surface area contributed by atoms with Crippen LogP contribution in [0.3, 0.4) is 0 Å². The number of rotatable bonds is 4. The lowest BCUT2D eigenvalue weighted by atomic mass is 10.0. The Morgan fingerprint density at radius 1 is 0.897 bits per heavy atom. The summed E-state index contributed by atoms with van der Waals surface area (Å²) in [5, 5.41) is 5.11. The Balaban J connectivity index is 1.69. The first-order chi connectivity index (χ1) is 14.1. The van der Waals surface area contributed by atoms with Crippen LogP contribution in [-0.2, 0) is 0 Å². The van der Waals surface area contributed by atoms with Crippen LogP contribution in [0.1, 0.15) is 28.4 Å². The first kappa shape index (κ1) is 18.6. The summed E-state index contributed by atoms with van der Waals surface area (Å²) >= 11 is 0. The number of pyridine rings is 1. The third kappa shape index (κ3) is 4.06. The van der Waals surface area contributed by atoms with E-state index in [0.717, 1.165) is 33.4 Å². The Bertz CT molecular complexity index is 1200. The SMILES string of the molecule is CC(=NNC(=O)c1cc(-c2ccccc2)nc2ccccc12)c1ccc(C)cc1. The number of carbonyl (C=O) groups excluding carboxylic acids is 1. The summed E-state index contributed by atoms with van der Waals surface area (Å²) in [7, 11) is 0. The van der Waals surface area contributed by atoms with Crippen molar-refractivity contribution in [3.8, 4) is 11.3 Å². The topological polar surface area (TPSA) is 54.4 Å². The summed E-state index contributed by atoms with van der Waals surface area (Å²) < 4.78 is 0. The zero-order valence-corrected chi connectivity index (χ0v) is 16.4. The fourth-order valence-corrected chi connectivity index (χ4v) is 3.17. The lowest BCUT2D eigenvalue weighted by Gasteiger charge is -2.09. The van der Waals surface area contributed by atoms with Crippen molar-refractivity contribution in [1.29, 1.82) is 0 Å². The summed E-state index contributed by atoms with van der Waals surface area (Å²) in [6, 6.07) is 27.4. The number of nitrogens with zero attached hydrogens (tertiary/aromatic N) is 2. The average molecular weight is 379 g/mol. The van der Waals surface area contributed by atoms with Gasteiger partial charge in [0, 0.05) is 10.9 Å². The van der Waals surface area contributed by atoms with Crippen LogP contribution in [0.15, 0.2) is 90.0 Å². The molecule has 0 fully saturated rings. The second-order valence-corrected chi connectivity index (χ2v) is 6.94. The number of hydrogen-bond acceptors (Lipinski definition) is 3. The van der Waals surface area contributed by atoms with Crippen LogP contribution in [0.5, 0.6) is 0 Å². The summed E-state index contributed by atoms with van der Waals surface area (Å²) in [6.45, 7) is 3.92. The average Bonchev–Trinajstić information content (AvgIpc) is 2.77. The van der Waals surface area contributed by atoms with Crippen LogP contribution in [0, 0.1) is 6.92 Å². The molecule has 0 bridgehead atoms. The van der Waals surface area contributed by atoms with Crippen molar-refractivity contribution in [2.75, 3.05) is 0 Å². The van der Waals surface area contributed by atoms with Gasteiger partial charge in [-0.15, -0.1) is 0 Å². The predicted molar refractivity (Wildman–Crippen MR) is 118 cm³/mol. The minimum Gasteiger partial charge on any atom is -0.267 e. The van der Waals surface area contributed by atoms with Crippen molar-refractivity contribution in [2.45, 2.75) is 13.8 Å². The van der Waals surface area contributed by atoms with Gasteiger partial charge in [-0.3, -0.25) is 4.79 Å². The number of benzene rings is 3. The highest BCUT2D eigenvalue weighted by Gasteiger charge is 2.13. The molecule has 0 saturated carbocycles. The Morgan fingerprint density at radius 2 is 1.59 bits per heavy atom. The van der Waals surface area contributed by atoms with Crippen LogP contribution < -0.4 is 5.43 Å². The smallest absolute Gasteiger partial charge is 0.267 e. The van der Waals surface area contributed by atoms with Gasteiger partial charge < -0.3 is 0 Å². The molecule has 142 valence electrons. The number of carbonyl (C=O) groups is 1. The molecule has 0 saturated heterocycles. The second kappa shape index (κ2) is 8.07. The zero-order valence-electron chi connectivity index (χ0n) is 16.4. The fourth-order valence-electron chi connectivity index (χ4n) is 3.17. The van der Waals surface area contributed by atoms with Gasteiger partial charge in [0.2, 0.25) is 0 Å². The third-order valence-corrected chi connectivity index (χ3v) is 4.82. The van der Waals surface area contributed by atoms with E-state index in [1.165, 1.54) is 5.56 Å². The Morgan fingerprint density at radius 3 is 2.34 bits per heavy atom. The van der Waals surface area contributed by atoms with Crippen molar-refractivity contribution < 1.29 is 4.79 Å². The molecule has 0 aliphatic rings. The highest BCUT2D eigenvalue weighted by molar-refractivity contribution is 6.08. The van der Waals surface area contributed by atoms with Crippen LogP contribution in [0.2, 0.25) is 0 Å². The number of nitrogens with one attached hydrogen (secondary N) is 1. The molecule has 3 aromatic carbocycles. The van der Waals surface area contributed by atoms with Gasteiger partial charge in [0.1, 0.15) is 0 Å². The van der Waals surface area contributed by atoms with E-state index in [9.17, 15) is 4.79 Å². The van der Waals surface area contributed by atoms with Gasteiger partial charge >= 0.3 is 0 Å².